The van der Waals surface area contributed by atoms with Crippen molar-refractivity contribution in [3.63, 3.8) is 0 Å². The monoisotopic (exact) mass is 184 g/mol. The zero-order valence-electron chi connectivity index (χ0n) is 8.17. The normalized spacial score (nSPS) is 20.0. The molecule has 0 spiro atoms. The number of carbonyl (C=O) groups excluding carboxylic acids is 1. The number of hydrogen-bond donors (Lipinski definition) is 1. The van der Waals surface area contributed by atoms with Gasteiger partial charge in [-0.15, -0.1) is 5.06 Å². The van der Waals surface area contributed by atoms with E-state index < -0.39 is 0 Å². The first kappa shape index (κ1) is 10.2. The molecule has 0 unspecified atom stereocenters. The topological polar surface area (TPSA) is 41.6 Å². The number of allylic oxidation sites excluding steroid dienone is 1. The summed E-state index contributed by atoms with van der Waals surface area (Å²) in [5.74, 6) is -0.246. The van der Waals surface area contributed by atoms with Gasteiger partial charge in [-0.3, -0.25) is 0 Å². The molecule has 0 amide bonds. The Bertz CT molecular complexity index is 208. The fraction of sp³-hybridized carbons (Fsp3) is 0.667. The Hall–Kier alpha value is -0.870. The highest BCUT2D eigenvalue weighted by molar-refractivity contribution is 5.87. The number of rotatable bonds is 2. The summed E-state index contributed by atoms with van der Waals surface area (Å²) in [4.78, 5) is 16.4. The van der Waals surface area contributed by atoms with Gasteiger partial charge in [0.2, 0.25) is 0 Å². The third-order valence-electron chi connectivity index (χ3n) is 2.04. The smallest absolute Gasteiger partial charge is 0.352 e. The first-order valence-corrected chi connectivity index (χ1v) is 4.55. The van der Waals surface area contributed by atoms with Crippen LogP contribution in [0.4, 0.5) is 0 Å². The molecule has 1 heterocycles. The van der Waals surface area contributed by atoms with Crippen LogP contribution in [0.1, 0.15) is 13.8 Å². The molecule has 0 aromatic carbocycles. The molecule has 0 bridgehead atoms. The van der Waals surface area contributed by atoms with Crippen molar-refractivity contribution in [3.8, 4) is 0 Å². The van der Waals surface area contributed by atoms with Crippen molar-refractivity contribution in [2.45, 2.75) is 13.8 Å². The molecule has 4 nitrogen and oxygen atoms in total. The van der Waals surface area contributed by atoms with Crippen LogP contribution in [0.25, 0.3) is 0 Å². The Morgan fingerprint density at radius 3 is 2.62 bits per heavy atom. The summed E-state index contributed by atoms with van der Waals surface area (Å²) in [5, 5.41) is 4.88. The van der Waals surface area contributed by atoms with Gasteiger partial charge < -0.3 is 10.2 Å². The second-order valence-corrected chi connectivity index (χ2v) is 3.03. The van der Waals surface area contributed by atoms with Crippen LogP contribution in [-0.2, 0) is 9.63 Å². The predicted octanol–water partition coefficient (Wildman–Crippen LogP) is 0.316. The molecule has 0 aromatic rings. The number of nitrogens with zero attached hydrogens (tertiary/aromatic N) is 1. The van der Waals surface area contributed by atoms with Gasteiger partial charge in [0.25, 0.3) is 0 Å². The number of carbonyl (C=O) groups is 1. The molecular weight excluding hydrogens is 168 g/mol. The van der Waals surface area contributed by atoms with Crippen LogP contribution >= 0.6 is 0 Å². The van der Waals surface area contributed by atoms with E-state index in [9.17, 15) is 4.79 Å². The molecule has 1 N–H and O–H groups in total. The van der Waals surface area contributed by atoms with Crippen LogP contribution < -0.4 is 5.32 Å². The van der Waals surface area contributed by atoms with E-state index in [1.54, 1.807) is 18.1 Å². The number of hydrogen-bond acceptors (Lipinski definition) is 4. The molecule has 0 aliphatic carbocycles. The van der Waals surface area contributed by atoms with Gasteiger partial charge in [-0.25, -0.2) is 4.79 Å². The Balaban J connectivity index is 2.34. The largest absolute Gasteiger partial charge is 0.364 e. The lowest BCUT2D eigenvalue weighted by Gasteiger charge is -2.25. The van der Waals surface area contributed by atoms with Crippen LogP contribution in [-0.4, -0.2) is 37.2 Å². The van der Waals surface area contributed by atoms with E-state index in [2.05, 4.69) is 5.32 Å². The van der Waals surface area contributed by atoms with Gasteiger partial charge >= 0.3 is 5.97 Å². The third-order valence-corrected chi connectivity index (χ3v) is 2.04. The van der Waals surface area contributed by atoms with Gasteiger partial charge in [0.15, 0.2) is 0 Å². The lowest BCUT2D eigenvalue weighted by atomic mass is 10.3. The maximum absolute atomic E-state index is 11.3. The summed E-state index contributed by atoms with van der Waals surface area (Å²) >= 11 is 0. The van der Waals surface area contributed by atoms with E-state index in [0.717, 1.165) is 26.2 Å². The van der Waals surface area contributed by atoms with Gasteiger partial charge in [0.1, 0.15) is 0 Å². The molecule has 0 atom stereocenters. The van der Waals surface area contributed by atoms with Gasteiger partial charge in [0, 0.05) is 31.8 Å². The van der Waals surface area contributed by atoms with E-state index in [1.807, 2.05) is 6.92 Å². The Morgan fingerprint density at radius 2 is 2.08 bits per heavy atom. The average Bonchev–Trinajstić information content (AvgIpc) is 2.18. The molecule has 4 heteroatoms. The first-order chi connectivity index (χ1) is 6.24. The highest BCUT2D eigenvalue weighted by atomic mass is 16.7. The van der Waals surface area contributed by atoms with E-state index in [1.165, 1.54) is 0 Å². The molecule has 1 fully saturated rings. The van der Waals surface area contributed by atoms with Crippen molar-refractivity contribution in [2.75, 3.05) is 26.2 Å². The van der Waals surface area contributed by atoms with Crippen molar-refractivity contribution in [2.24, 2.45) is 0 Å². The second kappa shape index (κ2) is 4.99. The lowest BCUT2D eigenvalue weighted by Crippen LogP contribution is -2.44. The van der Waals surface area contributed by atoms with E-state index in [0.29, 0.717) is 5.57 Å². The molecule has 1 aliphatic rings. The fourth-order valence-electron chi connectivity index (χ4n) is 1.04. The lowest BCUT2D eigenvalue weighted by molar-refractivity contribution is -0.187. The molecule has 0 radical (unpaired) electrons. The van der Waals surface area contributed by atoms with Crippen LogP contribution in [0.5, 0.6) is 0 Å². The molecule has 0 aromatic heterocycles. The summed E-state index contributed by atoms with van der Waals surface area (Å²) in [6, 6.07) is 0. The summed E-state index contributed by atoms with van der Waals surface area (Å²) in [5.41, 5.74) is 0.651. The Labute approximate surface area is 78.5 Å². The van der Waals surface area contributed by atoms with Crippen LogP contribution in [0.15, 0.2) is 11.6 Å². The van der Waals surface area contributed by atoms with Gasteiger partial charge in [-0.1, -0.05) is 6.08 Å². The highest BCUT2D eigenvalue weighted by Gasteiger charge is 2.14. The quantitative estimate of drug-likeness (QED) is 0.627. The third kappa shape index (κ3) is 3.16. The van der Waals surface area contributed by atoms with Gasteiger partial charge in [-0.05, 0) is 13.8 Å². The molecule has 13 heavy (non-hydrogen) atoms. The number of hydroxylamine groups is 2. The molecule has 1 saturated heterocycles. The van der Waals surface area contributed by atoms with E-state index >= 15 is 0 Å². The van der Waals surface area contributed by atoms with Crippen LogP contribution in [0, 0.1) is 0 Å². The SMILES string of the molecule is CC=C(C)C(=O)ON1CCNCC1. The maximum Gasteiger partial charge on any atom is 0.352 e. The van der Waals surface area contributed by atoms with Gasteiger partial charge in [0.05, 0.1) is 0 Å². The zero-order valence-corrected chi connectivity index (χ0v) is 8.17. The number of piperazine rings is 1. The Kier molecular flexibility index (Phi) is 3.92. The predicted molar refractivity (Wildman–Crippen MR) is 50.0 cm³/mol. The standard InChI is InChI=1S/C9H16N2O2/c1-3-8(2)9(12)13-11-6-4-10-5-7-11/h3,10H,4-7H2,1-2H3. The second-order valence-electron chi connectivity index (χ2n) is 3.03. The number of nitrogens with one attached hydrogen (secondary N) is 1. The summed E-state index contributed by atoms with van der Waals surface area (Å²) in [7, 11) is 0. The Morgan fingerprint density at radius 1 is 1.46 bits per heavy atom. The fourth-order valence-corrected chi connectivity index (χ4v) is 1.04. The molecule has 1 aliphatic heterocycles. The maximum atomic E-state index is 11.3. The molecule has 0 saturated carbocycles. The van der Waals surface area contributed by atoms with Crippen molar-refractivity contribution < 1.29 is 9.63 Å². The van der Waals surface area contributed by atoms with Crippen molar-refractivity contribution >= 4 is 5.97 Å². The summed E-state index contributed by atoms with van der Waals surface area (Å²) < 4.78 is 0. The van der Waals surface area contributed by atoms with Crippen LogP contribution in [0.2, 0.25) is 0 Å². The minimum absolute atomic E-state index is 0.246. The summed E-state index contributed by atoms with van der Waals surface area (Å²) in [6.07, 6.45) is 1.75. The zero-order chi connectivity index (χ0) is 9.68. The summed E-state index contributed by atoms with van der Waals surface area (Å²) in [6.45, 7) is 6.87. The molecule has 1 rings (SSSR count). The van der Waals surface area contributed by atoms with Crippen molar-refractivity contribution in [3.05, 3.63) is 11.6 Å². The first-order valence-electron chi connectivity index (χ1n) is 4.55. The molecule has 74 valence electrons. The van der Waals surface area contributed by atoms with Gasteiger partial charge in [-0.2, -0.15) is 0 Å². The highest BCUT2D eigenvalue weighted by Crippen LogP contribution is 2.00. The van der Waals surface area contributed by atoms with Crippen LogP contribution in [0.3, 0.4) is 0 Å². The molecular formula is C9H16N2O2. The average molecular weight is 184 g/mol. The van der Waals surface area contributed by atoms with Crippen molar-refractivity contribution in [1.82, 2.24) is 10.4 Å². The van der Waals surface area contributed by atoms with Crippen molar-refractivity contribution in [1.29, 1.82) is 0 Å². The van der Waals surface area contributed by atoms with E-state index in [-0.39, 0.29) is 5.97 Å². The minimum atomic E-state index is -0.246. The minimum Gasteiger partial charge on any atom is -0.364 e. The van der Waals surface area contributed by atoms with E-state index in [4.69, 9.17) is 4.84 Å².